The Morgan fingerprint density at radius 3 is 2.58 bits per heavy atom. The van der Waals surface area contributed by atoms with E-state index in [1.165, 1.54) is 12.1 Å². The summed E-state index contributed by atoms with van der Waals surface area (Å²) < 4.78 is 24.6. The second-order valence-corrected chi connectivity index (χ2v) is 6.26. The molecule has 0 fully saturated rings. The summed E-state index contributed by atoms with van der Waals surface area (Å²) in [6, 6.07) is 4.37. The first-order chi connectivity index (χ1) is 8.81. The molecular formula is C14H21BrFNO2. The first-order valence-electron chi connectivity index (χ1n) is 6.17. The Morgan fingerprint density at radius 2 is 2.05 bits per heavy atom. The summed E-state index contributed by atoms with van der Waals surface area (Å²) in [5.41, 5.74) is 0.00931. The molecular weight excluding hydrogens is 313 g/mol. The number of hydrogen-bond acceptors (Lipinski definition) is 3. The third-order valence-electron chi connectivity index (χ3n) is 2.40. The molecule has 1 unspecified atom stereocenters. The number of benzene rings is 1. The van der Waals surface area contributed by atoms with Gasteiger partial charge in [0, 0.05) is 19.2 Å². The van der Waals surface area contributed by atoms with Gasteiger partial charge in [0.25, 0.3) is 0 Å². The van der Waals surface area contributed by atoms with Gasteiger partial charge in [0.1, 0.15) is 17.7 Å². The molecule has 0 amide bonds. The van der Waals surface area contributed by atoms with Gasteiger partial charge in [0.05, 0.1) is 11.1 Å². The fourth-order valence-corrected chi connectivity index (χ4v) is 1.94. The molecule has 0 saturated heterocycles. The highest BCUT2D eigenvalue weighted by Gasteiger charge is 2.16. The van der Waals surface area contributed by atoms with E-state index >= 15 is 0 Å². The van der Waals surface area contributed by atoms with Crippen LogP contribution in [0.15, 0.2) is 22.7 Å². The van der Waals surface area contributed by atoms with E-state index in [-0.39, 0.29) is 17.5 Å². The summed E-state index contributed by atoms with van der Waals surface area (Å²) in [5.74, 6) is 0.314. The van der Waals surface area contributed by atoms with Gasteiger partial charge in [0.15, 0.2) is 0 Å². The van der Waals surface area contributed by atoms with E-state index in [2.05, 4.69) is 42.0 Å². The smallest absolute Gasteiger partial charge is 0.134 e. The molecule has 1 rings (SSSR count). The predicted octanol–water partition coefficient (Wildman–Crippen LogP) is 3.37. The highest BCUT2D eigenvalue weighted by molar-refractivity contribution is 9.10. The second-order valence-electron chi connectivity index (χ2n) is 5.40. The minimum atomic E-state index is -0.296. The summed E-state index contributed by atoms with van der Waals surface area (Å²) in [6.07, 6.45) is -0.133. The van der Waals surface area contributed by atoms with E-state index in [0.29, 0.717) is 23.4 Å². The van der Waals surface area contributed by atoms with Gasteiger partial charge in [-0.1, -0.05) is 0 Å². The molecule has 0 aliphatic heterocycles. The van der Waals surface area contributed by atoms with E-state index < -0.39 is 0 Å². The van der Waals surface area contributed by atoms with Crippen molar-refractivity contribution >= 4 is 15.9 Å². The molecule has 0 heterocycles. The van der Waals surface area contributed by atoms with Crippen molar-refractivity contribution in [3.8, 4) is 5.75 Å². The number of ether oxygens (including phenoxy) is 2. The molecule has 1 N–H and O–H groups in total. The van der Waals surface area contributed by atoms with Crippen molar-refractivity contribution < 1.29 is 13.9 Å². The molecule has 3 nitrogen and oxygen atoms in total. The van der Waals surface area contributed by atoms with Gasteiger partial charge in [-0.05, 0) is 54.9 Å². The van der Waals surface area contributed by atoms with Crippen molar-refractivity contribution in [2.24, 2.45) is 0 Å². The summed E-state index contributed by atoms with van der Waals surface area (Å²) in [7, 11) is 1.63. The normalized spacial score (nSPS) is 13.4. The van der Waals surface area contributed by atoms with E-state index in [9.17, 15) is 4.39 Å². The van der Waals surface area contributed by atoms with E-state index in [1.807, 2.05) is 0 Å². The highest BCUT2D eigenvalue weighted by atomic mass is 79.9. The van der Waals surface area contributed by atoms with Crippen LogP contribution in [0.25, 0.3) is 0 Å². The van der Waals surface area contributed by atoms with Crippen LogP contribution in [0.3, 0.4) is 0 Å². The Labute approximate surface area is 122 Å². The third-order valence-corrected chi connectivity index (χ3v) is 3.02. The minimum absolute atomic E-state index is 0.00931. The summed E-state index contributed by atoms with van der Waals surface area (Å²) in [4.78, 5) is 0. The van der Waals surface area contributed by atoms with Crippen molar-refractivity contribution in [1.29, 1.82) is 0 Å². The monoisotopic (exact) mass is 333 g/mol. The maximum absolute atomic E-state index is 13.0. The number of hydrogen-bond donors (Lipinski definition) is 1. The standard InChI is InChI=1S/C14H21BrFNO2/c1-14(2,3)17-8-11(9-18-4)19-13-6-5-10(16)7-12(13)15/h5-7,11,17H,8-9H2,1-4H3. The van der Waals surface area contributed by atoms with Crippen molar-refractivity contribution in [1.82, 2.24) is 5.32 Å². The van der Waals surface area contributed by atoms with Gasteiger partial charge in [-0.3, -0.25) is 0 Å². The first kappa shape index (κ1) is 16.4. The average Bonchev–Trinajstić information content (AvgIpc) is 2.28. The number of halogens is 2. The molecule has 0 aliphatic carbocycles. The van der Waals surface area contributed by atoms with Gasteiger partial charge in [0.2, 0.25) is 0 Å². The van der Waals surface area contributed by atoms with Crippen molar-refractivity contribution in [3.05, 3.63) is 28.5 Å². The van der Waals surface area contributed by atoms with Crippen molar-refractivity contribution in [3.63, 3.8) is 0 Å². The lowest BCUT2D eigenvalue weighted by Gasteiger charge is -2.26. The molecule has 0 saturated carbocycles. The Balaban J connectivity index is 2.67. The van der Waals surface area contributed by atoms with Crippen molar-refractivity contribution in [2.75, 3.05) is 20.3 Å². The SMILES string of the molecule is COCC(CNC(C)(C)C)Oc1ccc(F)cc1Br. The Kier molecular flexibility index (Phi) is 6.23. The van der Waals surface area contributed by atoms with E-state index in [1.54, 1.807) is 13.2 Å². The maximum Gasteiger partial charge on any atom is 0.134 e. The quantitative estimate of drug-likeness (QED) is 0.865. The van der Waals surface area contributed by atoms with Crippen LogP contribution in [-0.2, 0) is 4.74 Å². The van der Waals surface area contributed by atoms with Crippen LogP contribution in [0, 0.1) is 5.82 Å². The summed E-state index contributed by atoms with van der Waals surface area (Å²) in [6.45, 7) is 7.38. The zero-order valence-electron chi connectivity index (χ0n) is 11.8. The second kappa shape index (κ2) is 7.22. The van der Waals surface area contributed by atoms with Crippen LogP contribution < -0.4 is 10.1 Å². The van der Waals surface area contributed by atoms with Gasteiger partial charge in [-0.2, -0.15) is 0 Å². The molecule has 0 aromatic heterocycles. The molecule has 108 valence electrons. The predicted molar refractivity (Wildman–Crippen MR) is 78.1 cm³/mol. The number of methoxy groups -OCH3 is 1. The highest BCUT2D eigenvalue weighted by Crippen LogP contribution is 2.26. The van der Waals surface area contributed by atoms with Gasteiger partial charge < -0.3 is 14.8 Å². The van der Waals surface area contributed by atoms with Gasteiger partial charge >= 0.3 is 0 Å². The van der Waals surface area contributed by atoms with Crippen LogP contribution >= 0.6 is 15.9 Å². The summed E-state index contributed by atoms with van der Waals surface area (Å²) >= 11 is 3.29. The van der Waals surface area contributed by atoms with E-state index in [0.717, 1.165) is 0 Å². The summed E-state index contributed by atoms with van der Waals surface area (Å²) in [5, 5.41) is 3.36. The first-order valence-corrected chi connectivity index (χ1v) is 6.97. The van der Waals surface area contributed by atoms with Crippen LogP contribution in [0.4, 0.5) is 4.39 Å². The maximum atomic E-state index is 13.0. The molecule has 0 spiro atoms. The fourth-order valence-electron chi connectivity index (χ4n) is 1.49. The molecule has 5 heteroatoms. The number of nitrogens with one attached hydrogen (secondary N) is 1. The zero-order valence-corrected chi connectivity index (χ0v) is 13.4. The molecule has 1 aromatic carbocycles. The molecule has 0 aliphatic rings. The van der Waals surface area contributed by atoms with Crippen LogP contribution in [0.5, 0.6) is 5.75 Å². The zero-order chi connectivity index (χ0) is 14.5. The van der Waals surface area contributed by atoms with Crippen LogP contribution in [-0.4, -0.2) is 31.9 Å². The minimum Gasteiger partial charge on any atom is -0.486 e. The molecule has 0 radical (unpaired) electrons. The Bertz CT molecular complexity index is 407. The lowest BCUT2D eigenvalue weighted by atomic mass is 10.1. The lowest BCUT2D eigenvalue weighted by Crippen LogP contribution is -2.44. The number of rotatable bonds is 6. The van der Waals surface area contributed by atoms with Crippen LogP contribution in [0.2, 0.25) is 0 Å². The average molecular weight is 334 g/mol. The van der Waals surface area contributed by atoms with Crippen LogP contribution in [0.1, 0.15) is 20.8 Å². The third kappa shape index (κ3) is 6.36. The lowest BCUT2D eigenvalue weighted by molar-refractivity contribution is 0.0759. The fraction of sp³-hybridized carbons (Fsp3) is 0.571. The van der Waals surface area contributed by atoms with Crippen molar-refractivity contribution in [2.45, 2.75) is 32.4 Å². The van der Waals surface area contributed by atoms with Gasteiger partial charge in [-0.15, -0.1) is 0 Å². The largest absolute Gasteiger partial charge is 0.486 e. The molecule has 19 heavy (non-hydrogen) atoms. The molecule has 1 aromatic rings. The van der Waals surface area contributed by atoms with E-state index in [4.69, 9.17) is 9.47 Å². The van der Waals surface area contributed by atoms with Gasteiger partial charge in [-0.25, -0.2) is 4.39 Å². The molecule has 1 atom stereocenters. The Morgan fingerprint density at radius 1 is 1.37 bits per heavy atom. The Hall–Kier alpha value is -0.650. The molecule has 0 bridgehead atoms. The topological polar surface area (TPSA) is 30.5 Å².